The van der Waals surface area contributed by atoms with E-state index in [4.69, 9.17) is 10.9 Å². The first-order valence-electron chi connectivity index (χ1n) is 4.88. The second kappa shape index (κ2) is 5.24. The third-order valence-corrected chi connectivity index (χ3v) is 2.87. The first-order valence-corrected chi connectivity index (χ1v) is 6.42. The van der Waals surface area contributed by atoms with Crippen LogP contribution in [0.4, 0.5) is 5.82 Å². The van der Waals surface area contributed by atoms with Crippen LogP contribution in [0.1, 0.15) is 13.3 Å². The molecule has 16 heavy (non-hydrogen) atoms. The Kier molecular flexibility index (Phi) is 4.22. The Balaban J connectivity index is 2.59. The van der Waals surface area contributed by atoms with E-state index in [1.165, 1.54) is 12.3 Å². The average molecular weight is 244 g/mol. The van der Waals surface area contributed by atoms with Gasteiger partial charge in [0.15, 0.2) is 0 Å². The van der Waals surface area contributed by atoms with E-state index >= 15 is 0 Å². The van der Waals surface area contributed by atoms with E-state index in [9.17, 15) is 8.42 Å². The van der Waals surface area contributed by atoms with Crippen molar-refractivity contribution in [3.8, 4) is 0 Å². The van der Waals surface area contributed by atoms with E-state index in [1.54, 1.807) is 6.07 Å². The summed E-state index contributed by atoms with van der Waals surface area (Å²) in [5.41, 5.74) is 5.58. The third kappa shape index (κ3) is 4.13. The number of rotatable bonds is 5. The highest BCUT2D eigenvalue weighted by Crippen LogP contribution is 2.08. The Labute approximate surface area is 95.1 Å². The van der Waals surface area contributed by atoms with Crippen LogP contribution >= 0.6 is 0 Å². The summed E-state index contributed by atoms with van der Waals surface area (Å²) < 4.78 is 21.9. The first-order chi connectivity index (χ1) is 7.39. The minimum absolute atomic E-state index is 0.00485. The minimum Gasteiger partial charge on any atom is -0.370 e. The summed E-state index contributed by atoms with van der Waals surface area (Å²) in [6.45, 7) is 2.61. The molecule has 7 heteroatoms. The zero-order valence-corrected chi connectivity index (χ0v) is 9.87. The van der Waals surface area contributed by atoms with Gasteiger partial charge in [0.05, 0.1) is 0 Å². The molecule has 1 rings (SSSR count). The van der Waals surface area contributed by atoms with Crippen LogP contribution in [-0.4, -0.2) is 26.0 Å². The average Bonchev–Trinajstić information content (AvgIpc) is 2.16. The highest BCUT2D eigenvalue weighted by Gasteiger charge is 2.07. The third-order valence-electron chi connectivity index (χ3n) is 1.97. The maximum absolute atomic E-state index is 10.9. The Morgan fingerprint density at radius 3 is 2.62 bits per heavy atom. The molecule has 1 unspecified atom stereocenters. The van der Waals surface area contributed by atoms with Gasteiger partial charge in [-0.15, -0.1) is 0 Å². The minimum atomic E-state index is -3.66. The molecular weight excluding hydrogens is 228 g/mol. The lowest BCUT2D eigenvalue weighted by molar-refractivity contribution is 0.597. The number of sulfonamides is 1. The van der Waals surface area contributed by atoms with Crippen molar-refractivity contribution in [1.82, 2.24) is 4.98 Å². The second-order valence-electron chi connectivity index (χ2n) is 3.62. The monoisotopic (exact) mass is 244 g/mol. The molecule has 0 aromatic carbocycles. The predicted octanol–water partition coefficient (Wildman–Crippen LogP) is -0.122. The van der Waals surface area contributed by atoms with Crippen LogP contribution < -0.4 is 16.2 Å². The normalized spacial score (nSPS) is 13.4. The van der Waals surface area contributed by atoms with Crippen LogP contribution in [0.15, 0.2) is 23.2 Å². The van der Waals surface area contributed by atoms with E-state index in [0.717, 1.165) is 6.42 Å². The highest BCUT2D eigenvalue weighted by molar-refractivity contribution is 7.89. The van der Waals surface area contributed by atoms with Crippen LogP contribution in [0, 0.1) is 0 Å². The number of anilines is 1. The van der Waals surface area contributed by atoms with Gasteiger partial charge < -0.3 is 11.1 Å². The molecule has 90 valence electrons. The van der Waals surface area contributed by atoms with Crippen molar-refractivity contribution >= 4 is 15.8 Å². The maximum atomic E-state index is 10.9. The molecule has 1 aromatic rings. The number of nitrogens with two attached hydrogens (primary N) is 2. The van der Waals surface area contributed by atoms with Crippen LogP contribution in [0.5, 0.6) is 0 Å². The van der Waals surface area contributed by atoms with Crippen molar-refractivity contribution in [1.29, 1.82) is 0 Å². The largest absolute Gasteiger partial charge is 0.370 e. The molecule has 0 radical (unpaired) electrons. The van der Waals surface area contributed by atoms with Gasteiger partial charge in [-0.2, -0.15) is 0 Å². The number of hydrogen-bond donors (Lipinski definition) is 3. The Hall–Kier alpha value is -1.18. The van der Waals surface area contributed by atoms with E-state index < -0.39 is 10.0 Å². The standard InChI is InChI=1S/C9H16N4O2S/c1-7(10)4-5-12-9-3-2-8(6-13-9)16(11,14)15/h2-3,6-7H,4-5,10H2,1H3,(H,12,13)(H2,11,14,15). The van der Waals surface area contributed by atoms with Gasteiger partial charge in [-0.3, -0.25) is 0 Å². The quantitative estimate of drug-likeness (QED) is 0.668. The van der Waals surface area contributed by atoms with Crippen LogP contribution in [0.3, 0.4) is 0 Å². The summed E-state index contributed by atoms with van der Waals surface area (Å²) in [4.78, 5) is 3.94. The lowest BCUT2D eigenvalue weighted by atomic mass is 10.2. The van der Waals surface area contributed by atoms with E-state index in [-0.39, 0.29) is 10.9 Å². The number of nitrogens with one attached hydrogen (secondary N) is 1. The first kappa shape index (κ1) is 12.9. The topological polar surface area (TPSA) is 111 Å². The molecule has 0 saturated carbocycles. The lowest BCUT2D eigenvalue weighted by Gasteiger charge is -2.07. The molecule has 0 amide bonds. The molecule has 0 bridgehead atoms. The van der Waals surface area contributed by atoms with Gasteiger partial charge in [0.2, 0.25) is 10.0 Å². The van der Waals surface area contributed by atoms with E-state index in [1.807, 2.05) is 6.92 Å². The van der Waals surface area contributed by atoms with Crippen molar-refractivity contribution in [2.45, 2.75) is 24.3 Å². The predicted molar refractivity (Wildman–Crippen MR) is 62.4 cm³/mol. The molecular formula is C9H16N4O2S. The smallest absolute Gasteiger partial charge is 0.239 e. The SMILES string of the molecule is CC(N)CCNc1ccc(S(N)(=O)=O)cn1. The summed E-state index contributed by atoms with van der Waals surface area (Å²) in [6.07, 6.45) is 2.04. The van der Waals surface area contributed by atoms with Crippen LogP contribution in [0.25, 0.3) is 0 Å². The molecule has 0 saturated heterocycles. The Morgan fingerprint density at radius 1 is 1.50 bits per heavy atom. The lowest BCUT2D eigenvalue weighted by Crippen LogP contribution is -2.19. The molecule has 1 aromatic heterocycles. The second-order valence-corrected chi connectivity index (χ2v) is 5.18. The molecule has 1 heterocycles. The number of aromatic nitrogens is 1. The van der Waals surface area contributed by atoms with Gasteiger partial charge in [0.1, 0.15) is 10.7 Å². The Bertz CT molecular complexity index is 427. The van der Waals surface area contributed by atoms with Crippen molar-refractivity contribution in [2.75, 3.05) is 11.9 Å². The van der Waals surface area contributed by atoms with E-state index in [2.05, 4.69) is 10.3 Å². The number of primary sulfonamides is 1. The molecule has 0 aliphatic heterocycles. The molecule has 0 spiro atoms. The number of hydrogen-bond acceptors (Lipinski definition) is 5. The van der Waals surface area contributed by atoms with Gasteiger partial charge in [-0.05, 0) is 25.5 Å². The molecule has 5 N–H and O–H groups in total. The summed E-state index contributed by atoms with van der Waals surface area (Å²) >= 11 is 0. The summed E-state index contributed by atoms with van der Waals surface area (Å²) in [6, 6.07) is 3.11. The summed E-state index contributed by atoms with van der Waals surface area (Å²) in [7, 11) is -3.66. The van der Waals surface area contributed by atoms with Crippen molar-refractivity contribution in [3.05, 3.63) is 18.3 Å². The molecule has 0 aliphatic rings. The zero-order valence-electron chi connectivity index (χ0n) is 9.05. The summed E-state index contributed by atoms with van der Waals surface area (Å²) in [5.74, 6) is 0.605. The van der Waals surface area contributed by atoms with Gasteiger partial charge in [0.25, 0.3) is 0 Å². The van der Waals surface area contributed by atoms with Crippen molar-refractivity contribution < 1.29 is 8.42 Å². The fraction of sp³-hybridized carbons (Fsp3) is 0.444. The van der Waals surface area contributed by atoms with Gasteiger partial charge in [-0.25, -0.2) is 18.5 Å². The zero-order chi connectivity index (χ0) is 12.2. The number of nitrogens with zero attached hydrogens (tertiary/aromatic N) is 1. The van der Waals surface area contributed by atoms with Crippen LogP contribution in [-0.2, 0) is 10.0 Å². The molecule has 6 nitrogen and oxygen atoms in total. The molecule has 0 fully saturated rings. The van der Waals surface area contributed by atoms with Gasteiger partial charge in [-0.1, -0.05) is 0 Å². The van der Waals surface area contributed by atoms with Gasteiger partial charge in [0, 0.05) is 18.8 Å². The fourth-order valence-electron chi connectivity index (χ4n) is 1.08. The van der Waals surface area contributed by atoms with E-state index in [0.29, 0.717) is 12.4 Å². The van der Waals surface area contributed by atoms with Crippen molar-refractivity contribution in [2.24, 2.45) is 10.9 Å². The molecule has 1 atom stereocenters. The fourth-order valence-corrected chi connectivity index (χ4v) is 1.54. The van der Waals surface area contributed by atoms with Crippen LogP contribution in [0.2, 0.25) is 0 Å². The highest BCUT2D eigenvalue weighted by atomic mass is 32.2. The number of pyridine rings is 1. The maximum Gasteiger partial charge on any atom is 0.239 e. The van der Waals surface area contributed by atoms with Crippen molar-refractivity contribution in [3.63, 3.8) is 0 Å². The summed E-state index contributed by atoms with van der Waals surface area (Å²) in [5, 5.41) is 7.97. The molecule has 0 aliphatic carbocycles. The Morgan fingerprint density at radius 2 is 2.19 bits per heavy atom. The van der Waals surface area contributed by atoms with Gasteiger partial charge >= 0.3 is 0 Å².